The number of phenolic OH excluding ortho intramolecular Hbond substituents is 1. The lowest BCUT2D eigenvalue weighted by molar-refractivity contribution is -0.124. The van der Waals surface area contributed by atoms with Crippen LogP contribution in [0.25, 0.3) is 0 Å². The summed E-state index contributed by atoms with van der Waals surface area (Å²) in [6.45, 7) is 3.56. The van der Waals surface area contributed by atoms with Gasteiger partial charge in [-0.15, -0.1) is 0 Å². The number of rotatable bonds is 6. The molecule has 0 saturated heterocycles. The number of amides is 1. The SMILES string of the molecule is CCC[C@@H](C)NC(=O)COC(=O)c1cc(Br)ccc1O. The minimum atomic E-state index is -0.734. The van der Waals surface area contributed by atoms with Gasteiger partial charge in [-0.05, 0) is 31.5 Å². The van der Waals surface area contributed by atoms with E-state index in [0.29, 0.717) is 4.47 Å². The molecular weight excluding hydrogens is 326 g/mol. The number of aromatic hydroxyl groups is 1. The predicted octanol–water partition coefficient (Wildman–Crippen LogP) is 2.62. The zero-order chi connectivity index (χ0) is 15.1. The standard InChI is InChI=1S/C14H18BrNO4/c1-3-4-9(2)16-13(18)8-20-14(19)11-7-10(15)5-6-12(11)17/h5-7,9,17H,3-4,8H2,1-2H3,(H,16,18)/t9-/m1/s1. The number of ether oxygens (including phenoxy) is 1. The normalized spacial score (nSPS) is 11.8. The van der Waals surface area contributed by atoms with Gasteiger partial charge >= 0.3 is 5.97 Å². The molecule has 0 aromatic heterocycles. The van der Waals surface area contributed by atoms with Crippen LogP contribution in [0, 0.1) is 0 Å². The molecule has 1 atom stereocenters. The molecule has 0 unspecified atom stereocenters. The number of hydrogen-bond donors (Lipinski definition) is 2. The van der Waals surface area contributed by atoms with Gasteiger partial charge in [-0.25, -0.2) is 4.79 Å². The summed E-state index contributed by atoms with van der Waals surface area (Å²) in [5.41, 5.74) is 0.0220. The van der Waals surface area contributed by atoms with Gasteiger partial charge in [0.25, 0.3) is 5.91 Å². The van der Waals surface area contributed by atoms with E-state index in [1.165, 1.54) is 12.1 Å². The van der Waals surface area contributed by atoms with Crippen LogP contribution >= 0.6 is 15.9 Å². The van der Waals surface area contributed by atoms with E-state index in [4.69, 9.17) is 4.74 Å². The molecule has 0 aliphatic rings. The molecule has 1 aromatic rings. The van der Waals surface area contributed by atoms with Gasteiger partial charge in [0.1, 0.15) is 11.3 Å². The number of esters is 1. The summed E-state index contributed by atoms with van der Waals surface area (Å²) in [4.78, 5) is 23.3. The fourth-order valence-corrected chi connectivity index (χ4v) is 2.06. The van der Waals surface area contributed by atoms with E-state index in [2.05, 4.69) is 21.2 Å². The van der Waals surface area contributed by atoms with Gasteiger partial charge in [0.2, 0.25) is 0 Å². The molecule has 0 radical (unpaired) electrons. The number of benzene rings is 1. The van der Waals surface area contributed by atoms with Gasteiger partial charge in [0.05, 0.1) is 0 Å². The zero-order valence-electron chi connectivity index (χ0n) is 11.5. The lowest BCUT2D eigenvalue weighted by atomic mass is 10.2. The molecule has 0 saturated carbocycles. The Morgan fingerprint density at radius 1 is 1.45 bits per heavy atom. The predicted molar refractivity (Wildman–Crippen MR) is 78.6 cm³/mol. The van der Waals surface area contributed by atoms with Crippen LogP contribution < -0.4 is 5.32 Å². The maximum Gasteiger partial charge on any atom is 0.342 e. The van der Waals surface area contributed by atoms with Crippen molar-refractivity contribution in [3.63, 3.8) is 0 Å². The molecule has 0 bridgehead atoms. The maximum atomic E-state index is 11.8. The number of carbonyl (C=O) groups is 2. The van der Waals surface area contributed by atoms with Crippen LogP contribution in [-0.2, 0) is 9.53 Å². The average molecular weight is 344 g/mol. The van der Waals surface area contributed by atoms with Crippen LogP contribution in [0.4, 0.5) is 0 Å². The zero-order valence-corrected chi connectivity index (χ0v) is 13.1. The summed E-state index contributed by atoms with van der Waals surface area (Å²) >= 11 is 3.20. The van der Waals surface area contributed by atoms with Crippen LogP contribution in [0.1, 0.15) is 37.0 Å². The molecule has 2 N–H and O–H groups in total. The van der Waals surface area contributed by atoms with Crippen molar-refractivity contribution in [2.45, 2.75) is 32.7 Å². The van der Waals surface area contributed by atoms with Crippen molar-refractivity contribution in [1.29, 1.82) is 0 Å². The molecule has 20 heavy (non-hydrogen) atoms. The molecule has 1 rings (SSSR count). The number of carbonyl (C=O) groups excluding carboxylic acids is 2. The highest BCUT2D eigenvalue weighted by Gasteiger charge is 2.15. The summed E-state index contributed by atoms with van der Waals surface area (Å²) < 4.78 is 5.51. The Morgan fingerprint density at radius 3 is 2.80 bits per heavy atom. The van der Waals surface area contributed by atoms with Crippen molar-refractivity contribution in [2.24, 2.45) is 0 Å². The van der Waals surface area contributed by atoms with Crippen LogP contribution in [0.3, 0.4) is 0 Å². The highest BCUT2D eigenvalue weighted by atomic mass is 79.9. The molecule has 110 valence electrons. The van der Waals surface area contributed by atoms with Gasteiger partial charge in [-0.2, -0.15) is 0 Å². The molecule has 0 heterocycles. The van der Waals surface area contributed by atoms with Crippen molar-refractivity contribution in [3.8, 4) is 5.75 Å². The Kier molecular flexibility index (Phi) is 6.51. The molecule has 0 fully saturated rings. The second kappa shape index (κ2) is 7.89. The van der Waals surface area contributed by atoms with E-state index in [0.717, 1.165) is 12.8 Å². The second-order valence-electron chi connectivity index (χ2n) is 4.49. The molecule has 6 heteroatoms. The first-order valence-electron chi connectivity index (χ1n) is 6.39. The number of halogens is 1. The lowest BCUT2D eigenvalue weighted by Crippen LogP contribution is -2.35. The third-order valence-electron chi connectivity index (χ3n) is 2.64. The van der Waals surface area contributed by atoms with Crippen molar-refractivity contribution in [1.82, 2.24) is 5.32 Å². The van der Waals surface area contributed by atoms with Gasteiger partial charge < -0.3 is 15.2 Å². The Balaban J connectivity index is 2.51. The molecule has 1 aromatic carbocycles. The topological polar surface area (TPSA) is 75.6 Å². The monoisotopic (exact) mass is 343 g/mol. The Hall–Kier alpha value is -1.56. The highest BCUT2D eigenvalue weighted by molar-refractivity contribution is 9.10. The average Bonchev–Trinajstić information content (AvgIpc) is 2.39. The van der Waals surface area contributed by atoms with Crippen molar-refractivity contribution in [2.75, 3.05) is 6.61 Å². The molecule has 1 amide bonds. The summed E-state index contributed by atoms with van der Waals surface area (Å²) in [6.07, 6.45) is 1.83. The van der Waals surface area contributed by atoms with E-state index in [1.807, 2.05) is 13.8 Å². The van der Waals surface area contributed by atoms with Crippen molar-refractivity contribution < 1.29 is 19.4 Å². The molecular formula is C14H18BrNO4. The fraction of sp³-hybridized carbons (Fsp3) is 0.429. The Morgan fingerprint density at radius 2 is 2.15 bits per heavy atom. The van der Waals surface area contributed by atoms with Gasteiger partial charge in [0, 0.05) is 10.5 Å². The van der Waals surface area contributed by atoms with E-state index in [-0.39, 0.29) is 29.9 Å². The van der Waals surface area contributed by atoms with E-state index in [1.54, 1.807) is 6.07 Å². The summed E-state index contributed by atoms with van der Waals surface area (Å²) in [5.74, 6) is -1.27. The quantitative estimate of drug-likeness (QED) is 0.778. The summed E-state index contributed by atoms with van der Waals surface area (Å²) in [6, 6.07) is 4.47. The molecule has 0 spiro atoms. The Bertz CT molecular complexity index is 490. The second-order valence-corrected chi connectivity index (χ2v) is 5.41. The van der Waals surface area contributed by atoms with Gasteiger partial charge in [-0.3, -0.25) is 4.79 Å². The summed E-state index contributed by atoms with van der Waals surface area (Å²) in [5, 5.41) is 12.3. The van der Waals surface area contributed by atoms with Gasteiger partial charge in [0.15, 0.2) is 6.61 Å². The Labute approximate surface area is 126 Å². The minimum Gasteiger partial charge on any atom is -0.507 e. The smallest absolute Gasteiger partial charge is 0.342 e. The van der Waals surface area contributed by atoms with Crippen molar-refractivity contribution in [3.05, 3.63) is 28.2 Å². The number of nitrogens with one attached hydrogen (secondary N) is 1. The first kappa shape index (κ1) is 16.5. The highest BCUT2D eigenvalue weighted by Crippen LogP contribution is 2.22. The van der Waals surface area contributed by atoms with E-state index < -0.39 is 5.97 Å². The maximum absolute atomic E-state index is 11.8. The van der Waals surface area contributed by atoms with E-state index in [9.17, 15) is 14.7 Å². The molecule has 5 nitrogen and oxygen atoms in total. The largest absolute Gasteiger partial charge is 0.507 e. The van der Waals surface area contributed by atoms with Crippen LogP contribution in [0.2, 0.25) is 0 Å². The van der Waals surface area contributed by atoms with E-state index >= 15 is 0 Å². The third-order valence-corrected chi connectivity index (χ3v) is 3.14. The third kappa shape index (κ3) is 5.21. The molecule has 0 aliphatic heterocycles. The molecule has 0 aliphatic carbocycles. The number of hydrogen-bond acceptors (Lipinski definition) is 4. The number of phenols is 1. The first-order valence-corrected chi connectivity index (χ1v) is 7.18. The van der Waals surface area contributed by atoms with Crippen LogP contribution in [0.15, 0.2) is 22.7 Å². The van der Waals surface area contributed by atoms with Crippen LogP contribution in [0.5, 0.6) is 5.75 Å². The van der Waals surface area contributed by atoms with Crippen LogP contribution in [-0.4, -0.2) is 29.6 Å². The fourth-order valence-electron chi connectivity index (χ4n) is 1.70. The summed E-state index contributed by atoms with van der Waals surface area (Å²) in [7, 11) is 0. The first-order chi connectivity index (χ1) is 9.43. The lowest BCUT2D eigenvalue weighted by Gasteiger charge is -2.13. The van der Waals surface area contributed by atoms with Gasteiger partial charge in [-0.1, -0.05) is 29.3 Å². The minimum absolute atomic E-state index is 0.0220. The van der Waals surface area contributed by atoms with Crippen molar-refractivity contribution >= 4 is 27.8 Å².